The van der Waals surface area contributed by atoms with Gasteiger partial charge in [0, 0.05) is 36.2 Å². The molecule has 3 nitrogen and oxygen atoms in total. The molecule has 1 aliphatic heterocycles. The van der Waals surface area contributed by atoms with Gasteiger partial charge in [0.05, 0.1) is 0 Å². The highest BCUT2D eigenvalue weighted by molar-refractivity contribution is 8.00. The van der Waals surface area contributed by atoms with Crippen molar-refractivity contribution < 1.29 is 8.78 Å². The number of hydrogen-bond acceptors (Lipinski definition) is 4. The van der Waals surface area contributed by atoms with Crippen LogP contribution in [0.25, 0.3) is 0 Å². The lowest BCUT2D eigenvalue weighted by molar-refractivity contribution is 0.564. The summed E-state index contributed by atoms with van der Waals surface area (Å²) in [6.45, 7) is 8.48. The van der Waals surface area contributed by atoms with E-state index in [1.807, 2.05) is 23.6 Å². The van der Waals surface area contributed by atoms with Gasteiger partial charge in [-0.1, -0.05) is 20.8 Å². The van der Waals surface area contributed by atoms with Crippen LogP contribution in [0.2, 0.25) is 0 Å². The van der Waals surface area contributed by atoms with E-state index in [-0.39, 0.29) is 16.4 Å². The van der Waals surface area contributed by atoms with Crippen LogP contribution >= 0.6 is 11.8 Å². The number of rotatable bonds is 4. The molecule has 1 saturated heterocycles. The molecule has 0 radical (unpaired) electrons. The summed E-state index contributed by atoms with van der Waals surface area (Å²) in [6.07, 6.45) is 1.82. The fourth-order valence-electron chi connectivity index (χ4n) is 2.28. The second-order valence-electron chi connectivity index (χ2n) is 5.90. The van der Waals surface area contributed by atoms with E-state index in [0.717, 1.165) is 37.8 Å². The highest BCUT2D eigenvalue weighted by atomic mass is 32.2. The predicted molar refractivity (Wildman–Crippen MR) is 86.3 cm³/mol. The van der Waals surface area contributed by atoms with Crippen LogP contribution in [0.4, 0.5) is 20.4 Å². The number of aromatic nitrogens is 1. The number of nitrogens with one attached hydrogen (secondary N) is 1. The number of halogens is 2. The van der Waals surface area contributed by atoms with E-state index in [0.29, 0.717) is 6.54 Å². The SMILES string of the molecule is CCCNc1nc(N2CCSC(C)(C)CC2)c(F)cc1F. The molecule has 1 aromatic rings. The Morgan fingerprint density at radius 1 is 1.33 bits per heavy atom. The van der Waals surface area contributed by atoms with E-state index >= 15 is 0 Å². The zero-order valence-electron chi connectivity index (χ0n) is 12.9. The first kappa shape index (κ1) is 16.3. The second kappa shape index (κ2) is 6.81. The molecule has 1 fully saturated rings. The van der Waals surface area contributed by atoms with Crippen LogP contribution in [0.15, 0.2) is 6.07 Å². The van der Waals surface area contributed by atoms with Gasteiger partial charge in [-0.2, -0.15) is 11.8 Å². The Kier molecular flexibility index (Phi) is 5.30. The zero-order chi connectivity index (χ0) is 15.5. The summed E-state index contributed by atoms with van der Waals surface area (Å²) in [5, 5.41) is 2.92. The summed E-state index contributed by atoms with van der Waals surface area (Å²) >= 11 is 1.89. The molecule has 2 rings (SSSR count). The smallest absolute Gasteiger partial charge is 0.168 e. The molecule has 6 heteroatoms. The molecule has 0 aliphatic carbocycles. The molecule has 0 amide bonds. The van der Waals surface area contributed by atoms with Crippen molar-refractivity contribution in [1.29, 1.82) is 0 Å². The highest BCUT2D eigenvalue weighted by Gasteiger charge is 2.26. The van der Waals surface area contributed by atoms with Gasteiger partial charge in [0.1, 0.15) is 0 Å². The third kappa shape index (κ3) is 4.22. The van der Waals surface area contributed by atoms with Crippen LogP contribution in [-0.4, -0.2) is 35.1 Å². The molecule has 1 aliphatic rings. The summed E-state index contributed by atoms with van der Waals surface area (Å²) in [7, 11) is 0. The molecular weight excluding hydrogens is 292 g/mol. The van der Waals surface area contributed by atoms with Gasteiger partial charge in [0.25, 0.3) is 0 Å². The van der Waals surface area contributed by atoms with Crippen molar-refractivity contribution >= 4 is 23.4 Å². The topological polar surface area (TPSA) is 28.2 Å². The summed E-state index contributed by atoms with van der Waals surface area (Å²) in [4.78, 5) is 6.10. The van der Waals surface area contributed by atoms with E-state index in [1.54, 1.807) is 0 Å². The molecule has 0 aromatic carbocycles. The van der Waals surface area contributed by atoms with Crippen molar-refractivity contribution in [2.45, 2.75) is 38.4 Å². The molecule has 118 valence electrons. The molecule has 21 heavy (non-hydrogen) atoms. The fraction of sp³-hybridized carbons (Fsp3) is 0.667. The average Bonchev–Trinajstić information content (AvgIpc) is 2.59. The van der Waals surface area contributed by atoms with Crippen molar-refractivity contribution in [3.63, 3.8) is 0 Å². The molecule has 0 unspecified atom stereocenters. The lowest BCUT2D eigenvalue weighted by Crippen LogP contribution is -2.29. The van der Waals surface area contributed by atoms with Crippen molar-refractivity contribution in [2.75, 3.05) is 35.6 Å². The Balaban J connectivity index is 2.21. The lowest BCUT2D eigenvalue weighted by Gasteiger charge is -2.24. The monoisotopic (exact) mass is 315 g/mol. The van der Waals surface area contributed by atoms with Crippen LogP contribution in [0.5, 0.6) is 0 Å². The van der Waals surface area contributed by atoms with Crippen molar-refractivity contribution in [1.82, 2.24) is 4.98 Å². The normalized spacial score (nSPS) is 18.4. The molecule has 2 heterocycles. The minimum Gasteiger partial charge on any atom is -0.368 e. The van der Waals surface area contributed by atoms with E-state index in [1.165, 1.54) is 0 Å². The van der Waals surface area contributed by atoms with Gasteiger partial charge in [-0.15, -0.1) is 0 Å². The Hall–Kier alpha value is -1.04. The maximum Gasteiger partial charge on any atom is 0.168 e. The van der Waals surface area contributed by atoms with Gasteiger partial charge >= 0.3 is 0 Å². The third-order valence-corrected chi connectivity index (χ3v) is 4.96. The molecule has 0 saturated carbocycles. The third-order valence-electron chi connectivity index (χ3n) is 3.59. The summed E-state index contributed by atoms with van der Waals surface area (Å²) < 4.78 is 28.0. The number of nitrogens with zero attached hydrogens (tertiary/aromatic N) is 2. The minimum atomic E-state index is -0.630. The van der Waals surface area contributed by atoms with Crippen LogP contribution in [0.3, 0.4) is 0 Å². The summed E-state index contributed by atoms with van der Waals surface area (Å²) in [5.41, 5.74) is 0. The van der Waals surface area contributed by atoms with Crippen molar-refractivity contribution in [3.05, 3.63) is 17.7 Å². The number of thioether (sulfide) groups is 1. The van der Waals surface area contributed by atoms with E-state index < -0.39 is 11.6 Å². The van der Waals surface area contributed by atoms with Gasteiger partial charge < -0.3 is 10.2 Å². The summed E-state index contributed by atoms with van der Waals surface area (Å²) in [6, 6.07) is 0.934. The highest BCUT2D eigenvalue weighted by Crippen LogP contribution is 2.33. The van der Waals surface area contributed by atoms with Gasteiger partial charge in [-0.05, 0) is 12.8 Å². The maximum atomic E-state index is 14.1. The van der Waals surface area contributed by atoms with Crippen LogP contribution < -0.4 is 10.2 Å². The Bertz CT molecular complexity index is 494. The zero-order valence-corrected chi connectivity index (χ0v) is 13.7. The molecule has 0 bridgehead atoms. The van der Waals surface area contributed by atoms with Crippen LogP contribution in [0, 0.1) is 11.6 Å². The Labute approximate surface area is 129 Å². The molecule has 0 spiro atoms. The number of hydrogen-bond donors (Lipinski definition) is 1. The van der Waals surface area contributed by atoms with Crippen LogP contribution in [0.1, 0.15) is 33.6 Å². The lowest BCUT2D eigenvalue weighted by atomic mass is 10.1. The van der Waals surface area contributed by atoms with Gasteiger partial charge in [-0.3, -0.25) is 0 Å². The molecular formula is C15H23F2N3S. The second-order valence-corrected chi connectivity index (χ2v) is 7.70. The number of anilines is 2. The largest absolute Gasteiger partial charge is 0.368 e. The molecule has 1 N–H and O–H groups in total. The van der Waals surface area contributed by atoms with E-state index in [9.17, 15) is 8.78 Å². The van der Waals surface area contributed by atoms with E-state index in [4.69, 9.17) is 0 Å². The van der Waals surface area contributed by atoms with Gasteiger partial charge in [0.2, 0.25) is 0 Å². The van der Waals surface area contributed by atoms with E-state index in [2.05, 4.69) is 24.1 Å². The first-order valence-corrected chi connectivity index (χ1v) is 8.40. The van der Waals surface area contributed by atoms with Gasteiger partial charge in [-0.25, -0.2) is 13.8 Å². The maximum absolute atomic E-state index is 14.1. The van der Waals surface area contributed by atoms with Crippen molar-refractivity contribution in [2.24, 2.45) is 0 Å². The number of pyridine rings is 1. The first-order valence-electron chi connectivity index (χ1n) is 7.42. The Morgan fingerprint density at radius 3 is 2.81 bits per heavy atom. The standard InChI is InChI=1S/C15H23F2N3S/c1-4-6-18-13-11(16)10-12(17)14(19-13)20-7-5-15(2,3)21-9-8-20/h10H,4-9H2,1-3H3,(H,18,19). The molecule has 0 atom stereocenters. The fourth-order valence-corrected chi connectivity index (χ4v) is 3.38. The Morgan fingerprint density at radius 2 is 2.10 bits per heavy atom. The average molecular weight is 315 g/mol. The van der Waals surface area contributed by atoms with Gasteiger partial charge in [0.15, 0.2) is 23.3 Å². The summed E-state index contributed by atoms with van der Waals surface area (Å²) in [5.74, 6) is 0.106. The quantitative estimate of drug-likeness (QED) is 0.912. The predicted octanol–water partition coefficient (Wildman–Crippen LogP) is 3.90. The minimum absolute atomic E-state index is 0.143. The van der Waals surface area contributed by atoms with Crippen LogP contribution in [-0.2, 0) is 0 Å². The first-order chi connectivity index (χ1) is 9.93. The molecule has 1 aromatic heterocycles. The van der Waals surface area contributed by atoms with Crippen molar-refractivity contribution in [3.8, 4) is 0 Å².